The first-order valence-electron chi connectivity index (χ1n) is 10.2. The minimum Gasteiger partial charge on any atom is -0.351 e. The molecule has 0 fully saturated rings. The van der Waals surface area contributed by atoms with Crippen molar-refractivity contribution in [1.29, 1.82) is 0 Å². The van der Waals surface area contributed by atoms with Gasteiger partial charge in [0.1, 0.15) is 0 Å². The standard InChI is InChI=1S/C20H23N9O/c30-20(21-7-3-6-18-25-27-28-26-18)29-11-15-10-22-19(24-17(15)12-29)23-16-8-13-4-1-2-5-14(13)9-16/h1-2,4-5,10,16H,3,6-9,11-12H2,(H,21,30)(H,22,23,24)(H,25,26,27,28). The number of rotatable bonds is 6. The molecule has 0 bridgehead atoms. The van der Waals surface area contributed by atoms with Crippen LogP contribution in [0.4, 0.5) is 10.7 Å². The first-order chi connectivity index (χ1) is 14.7. The lowest BCUT2D eigenvalue weighted by Gasteiger charge is -2.15. The highest BCUT2D eigenvalue weighted by Crippen LogP contribution is 2.25. The van der Waals surface area contributed by atoms with Gasteiger partial charge in [0.2, 0.25) is 5.95 Å². The van der Waals surface area contributed by atoms with Gasteiger partial charge in [-0.25, -0.2) is 14.8 Å². The average molecular weight is 405 g/mol. The zero-order valence-electron chi connectivity index (χ0n) is 16.5. The molecule has 0 saturated carbocycles. The molecule has 2 amide bonds. The van der Waals surface area contributed by atoms with Crippen molar-refractivity contribution in [3.63, 3.8) is 0 Å². The third kappa shape index (κ3) is 3.93. The van der Waals surface area contributed by atoms with Crippen molar-refractivity contribution in [3.8, 4) is 0 Å². The summed E-state index contributed by atoms with van der Waals surface area (Å²) < 4.78 is 0. The molecule has 2 aromatic heterocycles. The highest BCUT2D eigenvalue weighted by molar-refractivity contribution is 5.74. The van der Waals surface area contributed by atoms with E-state index in [1.807, 2.05) is 6.20 Å². The average Bonchev–Trinajstić information content (AvgIpc) is 3.49. The SMILES string of the molecule is O=C(NCCCc1nn[nH]n1)N1Cc2cnc(NC3Cc4ccccc4C3)nc2C1. The number of fused-ring (bicyclic) bond motifs is 2. The van der Waals surface area contributed by atoms with Crippen LogP contribution in [0.1, 0.15) is 34.6 Å². The lowest BCUT2D eigenvalue weighted by molar-refractivity contribution is 0.198. The minimum atomic E-state index is -0.0955. The number of hydrogen-bond acceptors (Lipinski definition) is 7. The Hall–Kier alpha value is -3.56. The van der Waals surface area contributed by atoms with Crippen molar-refractivity contribution in [2.75, 3.05) is 11.9 Å². The van der Waals surface area contributed by atoms with E-state index in [2.05, 4.69) is 65.5 Å². The van der Waals surface area contributed by atoms with Gasteiger partial charge in [-0.2, -0.15) is 5.21 Å². The topological polar surface area (TPSA) is 125 Å². The van der Waals surface area contributed by atoms with E-state index in [4.69, 9.17) is 0 Å². The Kier molecular flexibility index (Phi) is 4.96. The number of aryl methyl sites for hydroxylation is 1. The van der Waals surface area contributed by atoms with Crippen molar-refractivity contribution in [3.05, 3.63) is 58.7 Å². The molecule has 30 heavy (non-hydrogen) atoms. The molecule has 5 rings (SSSR count). The van der Waals surface area contributed by atoms with Crippen molar-refractivity contribution < 1.29 is 4.79 Å². The second kappa shape index (κ2) is 8.05. The lowest BCUT2D eigenvalue weighted by Crippen LogP contribution is -2.37. The number of nitrogens with one attached hydrogen (secondary N) is 3. The van der Waals surface area contributed by atoms with Crippen LogP contribution < -0.4 is 10.6 Å². The summed E-state index contributed by atoms with van der Waals surface area (Å²) in [6.07, 6.45) is 5.21. The number of tetrazole rings is 1. The number of H-pyrrole nitrogens is 1. The van der Waals surface area contributed by atoms with E-state index in [0.29, 0.717) is 43.9 Å². The van der Waals surface area contributed by atoms with Gasteiger partial charge >= 0.3 is 6.03 Å². The fraction of sp³-hybridized carbons (Fsp3) is 0.400. The van der Waals surface area contributed by atoms with Crippen LogP contribution in [0, 0.1) is 0 Å². The van der Waals surface area contributed by atoms with E-state index >= 15 is 0 Å². The zero-order chi connectivity index (χ0) is 20.3. The normalized spacial score (nSPS) is 15.1. The Morgan fingerprint density at radius 2 is 2.00 bits per heavy atom. The van der Waals surface area contributed by atoms with Crippen molar-refractivity contribution >= 4 is 12.0 Å². The Labute approximate surface area is 173 Å². The Morgan fingerprint density at radius 1 is 1.17 bits per heavy atom. The molecule has 154 valence electrons. The monoisotopic (exact) mass is 405 g/mol. The molecule has 3 heterocycles. The first-order valence-corrected chi connectivity index (χ1v) is 10.2. The zero-order valence-corrected chi connectivity index (χ0v) is 16.5. The summed E-state index contributed by atoms with van der Waals surface area (Å²) in [6, 6.07) is 8.73. The van der Waals surface area contributed by atoms with Gasteiger partial charge in [0.25, 0.3) is 0 Å². The van der Waals surface area contributed by atoms with Crippen LogP contribution in [-0.4, -0.2) is 54.1 Å². The predicted octanol–water partition coefficient (Wildman–Crippen LogP) is 1.23. The summed E-state index contributed by atoms with van der Waals surface area (Å²) in [7, 11) is 0. The molecule has 0 spiro atoms. The van der Waals surface area contributed by atoms with Gasteiger partial charge in [0, 0.05) is 30.8 Å². The molecule has 1 aromatic carbocycles. The van der Waals surface area contributed by atoms with E-state index in [1.165, 1.54) is 11.1 Å². The number of aromatic nitrogens is 6. The van der Waals surface area contributed by atoms with Crippen LogP contribution in [0.25, 0.3) is 0 Å². The number of anilines is 1. The molecular formula is C20H23N9O. The molecule has 3 aromatic rings. The van der Waals surface area contributed by atoms with Crippen LogP contribution >= 0.6 is 0 Å². The summed E-state index contributed by atoms with van der Waals surface area (Å²) in [5, 5.41) is 20.1. The van der Waals surface area contributed by atoms with E-state index in [-0.39, 0.29) is 6.03 Å². The Morgan fingerprint density at radius 3 is 2.77 bits per heavy atom. The molecule has 3 N–H and O–H groups in total. The van der Waals surface area contributed by atoms with E-state index in [9.17, 15) is 4.79 Å². The number of urea groups is 1. The highest BCUT2D eigenvalue weighted by atomic mass is 16.2. The van der Waals surface area contributed by atoms with Crippen LogP contribution in [0.2, 0.25) is 0 Å². The van der Waals surface area contributed by atoms with Gasteiger partial charge in [0.15, 0.2) is 5.82 Å². The van der Waals surface area contributed by atoms with Crippen LogP contribution in [0.5, 0.6) is 0 Å². The van der Waals surface area contributed by atoms with Crippen LogP contribution in [0.3, 0.4) is 0 Å². The predicted molar refractivity (Wildman–Crippen MR) is 108 cm³/mol. The fourth-order valence-electron chi connectivity index (χ4n) is 4.05. The maximum atomic E-state index is 12.5. The maximum absolute atomic E-state index is 12.5. The van der Waals surface area contributed by atoms with E-state index in [0.717, 1.165) is 30.5 Å². The molecule has 0 atom stereocenters. The number of aromatic amines is 1. The summed E-state index contributed by atoms with van der Waals surface area (Å²) in [5.41, 5.74) is 4.68. The van der Waals surface area contributed by atoms with Crippen LogP contribution in [0.15, 0.2) is 30.5 Å². The minimum absolute atomic E-state index is 0.0955. The van der Waals surface area contributed by atoms with Crippen LogP contribution in [-0.2, 0) is 32.4 Å². The third-order valence-corrected chi connectivity index (χ3v) is 5.57. The number of carbonyl (C=O) groups excluding carboxylic acids is 1. The van der Waals surface area contributed by atoms with Gasteiger partial charge in [0.05, 0.1) is 18.8 Å². The lowest BCUT2D eigenvalue weighted by atomic mass is 10.1. The first kappa shape index (κ1) is 18.5. The maximum Gasteiger partial charge on any atom is 0.318 e. The molecule has 1 aliphatic heterocycles. The number of amides is 2. The molecule has 10 heteroatoms. The summed E-state index contributed by atoms with van der Waals surface area (Å²) in [5.74, 6) is 1.28. The quantitative estimate of drug-likeness (QED) is 0.527. The van der Waals surface area contributed by atoms with Gasteiger partial charge in [-0.1, -0.05) is 29.5 Å². The number of benzene rings is 1. The Balaban J connectivity index is 1.12. The van der Waals surface area contributed by atoms with Gasteiger partial charge in [-0.15, -0.1) is 10.2 Å². The Bertz CT molecular complexity index is 1010. The molecular weight excluding hydrogens is 382 g/mol. The van der Waals surface area contributed by atoms with E-state index in [1.54, 1.807) is 4.90 Å². The summed E-state index contributed by atoms with van der Waals surface area (Å²) in [6.45, 7) is 1.58. The number of hydrogen-bond donors (Lipinski definition) is 3. The highest BCUT2D eigenvalue weighted by Gasteiger charge is 2.26. The number of carbonyl (C=O) groups is 1. The fourth-order valence-corrected chi connectivity index (χ4v) is 4.05. The second-order valence-electron chi connectivity index (χ2n) is 7.70. The summed E-state index contributed by atoms with van der Waals surface area (Å²) >= 11 is 0. The molecule has 0 saturated heterocycles. The van der Waals surface area contributed by atoms with Gasteiger partial charge < -0.3 is 15.5 Å². The van der Waals surface area contributed by atoms with Crippen molar-refractivity contribution in [2.45, 2.75) is 44.8 Å². The molecule has 1 aliphatic carbocycles. The molecule has 2 aliphatic rings. The van der Waals surface area contributed by atoms with Crippen molar-refractivity contribution in [2.24, 2.45) is 0 Å². The van der Waals surface area contributed by atoms with Crippen molar-refractivity contribution in [1.82, 2.24) is 40.8 Å². The van der Waals surface area contributed by atoms with Gasteiger partial charge in [-0.3, -0.25) is 0 Å². The van der Waals surface area contributed by atoms with E-state index < -0.39 is 0 Å². The molecule has 0 unspecified atom stereocenters. The number of nitrogens with zero attached hydrogens (tertiary/aromatic N) is 6. The molecule has 0 radical (unpaired) electrons. The largest absolute Gasteiger partial charge is 0.351 e. The molecule has 10 nitrogen and oxygen atoms in total. The second-order valence-corrected chi connectivity index (χ2v) is 7.70. The van der Waals surface area contributed by atoms with Gasteiger partial charge in [-0.05, 0) is 30.4 Å². The smallest absolute Gasteiger partial charge is 0.318 e. The summed E-state index contributed by atoms with van der Waals surface area (Å²) in [4.78, 5) is 23.4. The third-order valence-electron chi connectivity index (χ3n) is 5.57.